The molecule has 0 aliphatic rings. The Labute approximate surface area is 230 Å². The number of benzene rings is 3. The van der Waals surface area contributed by atoms with Gasteiger partial charge in [0.2, 0.25) is 0 Å². The molecule has 0 atom stereocenters. The minimum absolute atomic E-state index is 0.147. The lowest BCUT2D eigenvalue weighted by Crippen LogP contribution is -2.43. The average Bonchev–Trinajstić information content (AvgIpc) is 2.94. The Bertz CT molecular complexity index is 1180. The predicted octanol–water partition coefficient (Wildman–Crippen LogP) is 9.60. The lowest BCUT2D eigenvalue weighted by atomic mass is 9.81. The summed E-state index contributed by atoms with van der Waals surface area (Å²) in [6.45, 7) is 15.4. The summed E-state index contributed by atoms with van der Waals surface area (Å²) in [4.78, 5) is 0. The van der Waals surface area contributed by atoms with Crippen LogP contribution in [0.5, 0.6) is 0 Å². The fourth-order valence-corrected chi connectivity index (χ4v) is 4.56. The monoisotopic (exact) mass is 512 g/mol. The zero-order chi connectivity index (χ0) is 28.0. The average molecular weight is 513 g/mol. The lowest BCUT2D eigenvalue weighted by molar-refractivity contribution is 0.289. The van der Waals surface area contributed by atoms with E-state index in [0.717, 1.165) is 53.8 Å². The van der Waals surface area contributed by atoms with E-state index in [1.165, 1.54) is 24.5 Å². The van der Waals surface area contributed by atoms with Crippen LogP contribution in [0.2, 0.25) is 0 Å². The molecule has 0 aliphatic heterocycles. The number of aryl methyl sites for hydroxylation is 1. The van der Waals surface area contributed by atoms with Gasteiger partial charge in [-0.1, -0.05) is 102 Å². The van der Waals surface area contributed by atoms with Crippen LogP contribution in [0.3, 0.4) is 0 Å². The third-order valence-electron chi connectivity index (χ3n) is 6.77. The van der Waals surface area contributed by atoms with Crippen molar-refractivity contribution in [3.05, 3.63) is 102 Å². The Kier molecular flexibility index (Phi) is 12.8. The molecule has 0 aliphatic carbocycles. The van der Waals surface area contributed by atoms with Gasteiger partial charge in [0.1, 0.15) is 5.82 Å². The van der Waals surface area contributed by atoms with E-state index in [-0.39, 0.29) is 11.4 Å². The standard InChI is InChI=1S/C31H35FN2.C4H10/c1-6-18-31(19-7-2,33-22-24(5)34-29-16-17-30(32)23(4)20-29)28-14-12-26(13-15-28)27-11-9-10-25(8-3)21-27;1-3-4-2/h3,9-17,20-21,33-34H,5-7,18-19,22H2,1-2,4H3;3-4H2,1-2H3. The molecule has 2 nitrogen and oxygen atoms in total. The molecule has 0 radical (unpaired) electrons. The summed E-state index contributed by atoms with van der Waals surface area (Å²) in [5, 5.41) is 7.13. The fraction of sp³-hybridized carbons (Fsp3) is 0.371. The molecule has 3 heteroatoms. The van der Waals surface area contributed by atoms with E-state index in [1.54, 1.807) is 19.1 Å². The van der Waals surface area contributed by atoms with Crippen LogP contribution >= 0.6 is 0 Å². The van der Waals surface area contributed by atoms with Crippen LogP contribution in [0, 0.1) is 25.1 Å². The van der Waals surface area contributed by atoms with Crippen LogP contribution in [-0.2, 0) is 5.54 Å². The van der Waals surface area contributed by atoms with Crippen molar-refractivity contribution in [2.24, 2.45) is 0 Å². The number of terminal acetylenes is 1. The van der Waals surface area contributed by atoms with Crippen molar-refractivity contribution in [3.8, 4) is 23.5 Å². The van der Waals surface area contributed by atoms with Crippen molar-refractivity contribution in [1.82, 2.24) is 5.32 Å². The second-order valence-electron chi connectivity index (χ2n) is 9.93. The van der Waals surface area contributed by atoms with Gasteiger partial charge >= 0.3 is 0 Å². The van der Waals surface area contributed by atoms with Crippen LogP contribution < -0.4 is 10.6 Å². The molecule has 0 amide bonds. The molecule has 0 saturated heterocycles. The normalized spacial score (nSPS) is 10.8. The molecule has 3 aromatic carbocycles. The molecule has 0 heterocycles. The second-order valence-corrected chi connectivity index (χ2v) is 9.93. The maximum atomic E-state index is 13.6. The number of hydrogen-bond donors (Lipinski definition) is 2. The van der Waals surface area contributed by atoms with Crippen LogP contribution in [-0.4, -0.2) is 6.54 Å². The summed E-state index contributed by atoms with van der Waals surface area (Å²) < 4.78 is 13.6. The van der Waals surface area contributed by atoms with Crippen molar-refractivity contribution >= 4 is 5.69 Å². The quantitative estimate of drug-likeness (QED) is 0.236. The van der Waals surface area contributed by atoms with Gasteiger partial charge in [0.25, 0.3) is 0 Å². The molecular formula is C35H45FN2. The van der Waals surface area contributed by atoms with Gasteiger partial charge in [0.15, 0.2) is 0 Å². The molecule has 0 spiro atoms. The number of rotatable bonds is 12. The first-order valence-corrected chi connectivity index (χ1v) is 14.0. The molecule has 0 fully saturated rings. The first-order chi connectivity index (χ1) is 18.3. The van der Waals surface area contributed by atoms with E-state index in [0.29, 0.717) is 12.1 Å². The Morgan fingerprint density at radius 1 is 0.868 bits per heavy atom. The van der Waals surface area contributed by atoms with Gasteiger partial charge in [-0.25, -0.2) is 4.39 Å². The third kappa shape index (κ3) is 8.89. The molecule has 2 N–H and O–H groups in total. The Hall–Kier alpha value is -3.35. The van der Waals surface area contributed by atoms with Crippen molar-refractivity contribution in [2.45, 2.75) is 78.7 Å². The molecule has 0 unspecified atom stereocenters. The highest BCUT2D eigenvalue weighted by Crippen LogP contribution is 2.33. The second kappa shape index (κ2) is 15.8. The first kappa shape index (κ1) is 30.9. The zero-order valence-corrected chi connectivity index (χ0v) is 24.0. The molecule has 38 heavy (non-hydrogen) atoms. The molecule has 0 bridgehead atoms. The van der Waals surface area contributed by atoms with E-state index in [1.807, 2.05) is 18.2 Å². The summed E-state index contributed by atoms with van der Waals surface area (Å²) in [5.41, 5.74) is 6.61. The lowest BCUT2D eigenvalue weighted by Gasteiger charge is -2.36. The van der Waals surface area contributed by atoms with Crippen molar-refractivity contribution < 1.29 is 4.39 Å². The van der Waals surface area contributed by atoms with E-state index < -0.39 is 0 Å². The number of halogens is 1. The fourth-order valence-electron chi connectivity index (χ4n) is 4.56. The van der Waals surface area contributed by atoms with Gasteiger partial charge in [-0.2, -0.15) is 0 Å². The Morgan fingerprint density at radius 3 is 2.08 bits per heavy atom. The van der Waals surface area contributed by atoms with Crippen LogP contribution in [0.15, 0.2) is 79.0 Å². The Balaban J connectivity index is 0.00000118. The Morgan fingerprint density at radius 2 is 1.53 bits per heavy atom. The van der Waals surface area contributed by atoms with E-state index in [2.05, 4.69) is 81.2 Å². The van der Waals surface area contributed by atoms with Gasteiger partial charge in [0, 0.05) is 29.0 Å². The van der Waals surface area contributed by atoms with Crippen molar-refractivity contribution in [2.75, 3.05) is 11.9 Å². The summed E-state index contributed by atoms with van der Waals surface area (Å²) in [7, 11) is 0. The molecular weight excluding hydrogens is 467 g/mol. The van der Waals surface area contributed by atoms with Gasteiger partial charge in [-0.3, -0.25) is 0 Å². The van der Waals surface area contributed by atoms with Crippen LogP contribution in [0.4, 0.5) is 10.1 Å². The highest BCUT2D eigenvalue weighted by atomic mass is 19.1. The van der Waals surface area contributed by atoms with Crippen LogP contribution in [0.25, 0.3) is 11.1 Å². The topological polar surface area (TPSA) is 24.1 Å². The summed E-state index contributed by atoms with van der Waals surface area (Å²) >= 11 is 0. The maximum absolute atomic E-state index is 13.6. The van der Waals surface area contributed by atoms with Gasteiger partial charge in [-0.15, -0.1) is 6.42 Å². The van der Waals surface area contributed by atoms with E-state index in [4.69, 9.17) is 6.42 Å². The number of hydrogen-bond acceptors (Lipinski definition) is 2. The van der Waals surface area contributed by atoms with Gasteiger partial charge in [0.05, 0.1) is 0 Å². The minimum Gasteiger partial charge on any atom is -0.358 e. The largest absolute Gasteiger partial charge is 0.358 e. The molecule has 0 aromatic heterocycles. The van der Waals surface area contributed by atoms with Crippen molar-refractivity contribution in [1.29, 1.82) is 0 Å². The summed E-state index contributed by atoms with van der Waals surface area (Å²) in [5.74, 6) is 2.51. The first-order valence-electron chi connectivity index (χ1n) is 14.0. The highest BCUT2D eigenvalue weighted by Gasteiger charge is 2.30. The third-order valence-corrected chi connectivity index (χ3v) is 6.77. The molecule has 3 rings (SSSR count). The number of unbranched alkanes of at least 4 members (excludes halogenated alkanes) is 1. The highest BCUT2D eigenvalue weighted by molar-refractivity contribution is 5.65. The maximum Gasteiger partial charge on any atom is 0.126 e. The zero-order valence-electron chi connectivity index (χ0n) is 24.0. The van der Waals surface area contributed by atoms with Gasteiger partial charge < -0.3 is 10.6 Å². The smallest absolute Gasteiger partial charge is 0.126 e. The number of anilines is 1. The van der Waals surface area contributed by atoms with Crippen molar-refractivity contribution in [3.63, 3.8) is 0 Å². The summed E-state index contributed by atoms with van der Waals surface area (Å²) in [6.07, 6.45) is 12.4. The summed E-state index contributed by atoms with van der Waals surface area (Å²) in [6, 6.07) is 21.9. The van der Waals surface area contributed by atoms with Crippen LogP contribution in [0.1, 0.15) is 82.9 Å². The van der Waals surface area contributed by atoms with E-state index >= 15 is 0 Å². The number of nitrogens with one attached hydrogen (secondary N) is 2. The SMILES string of the molecule is C#Cc1cccc(-c2ccc(C(CCC)(CCC)NCC(=C)Nc3ccc(F)c(C)c3)cc2)c1.CCCC. The minimum atomic E-state index is -0.200. The van der Waals surface area contributed by atoms with Gasteiger partial charge in [-0.05, 0) is 72.4 Å². The molecule has 202 valence electrons. The van der Waals surface area contributed by atoms with E-state index in [9.17, 15) is 4.39 Å². The predicted molar refractivity (Wildman–Crippen MR) is 164 cm³/mol. The molecule has 0 saturated carbocycles. The molecule has 3 aromatic rings.